The number of aliphatic hydroxyl groups is 1. The first-order chi connectivity index (χ1) is 6.63. The summed E-state index contributed by atoms with van der Waals surface area (Å²) in [4.78, 5) is 0. The van der Waals surface area contributed by atoms with E-state index in [1.54, 1.807) is 25.1 Å². The van der Waals surface area contributed by atoms with Gasteiger partial charge in [-0.15, -0.1) is 0 Å². The molecule has 0 radical (unpaired) electrons. The lowest BCUT2D eigenvalue weighted by Gasteiger charge is -2.21. The van der Waals surface area contributed by atoms with Crippen molar-refractivity contribution in [2.24, 2.45) is 5.73 Å². The zero-order chi connectivity index (χ0) is 10.2. The lowest BCUT2D eigenvalue weighted by molar-refractivity contribution is 0.0666. The smallest absolute Gasteiger partial charge is 0.231 e. The third-order valence-electron chi connectivity index (χ3n) is 2.39. The molecule has 2 rings (SSSR count). The van der Waals surface area contributed by atoms with E-state index in [2.05, 4.69) is 0 Å². The Hall–Kier alpha value is -1.26. The van der Waals surface area contributed by atoms with Crippen molar-refractivity contribution in [3.05, 3.63) is 23.8 Å². The quantitative estimate of drug-likeness (QED) is 0.724. The Morgan fingerprint density at radius 1 is 1.43 bits per heavy atom. The zero-order valence-electron chi connectivity index (χ0n) is 7.99. The van der Waals surface area contributed by atoms with Crippen LogP contribution < -0.4 is 15.2 Å². The van der Waals surface area contributed by atoms with E-state index >= 15 is 0 Å². The monoisotopic (exact) mass is 195 g/mol. The summed E-state index contributed by atoms with van der Waals surface area (Å²) in [5.41, 5.74) is 5.19. The maximum Gasteiger partial charge on any atom is 0.231 e. The van der Waals surface area contributed by atoms with Crippen molar-refractivity contribution in [3.8, 4) is 11.5 Å². The molecule has 0 aliphatic carbocycles. The highest BCUT2D eigenvalue weighted by atomic mass is 16.7. The average molecular weight is 195 g/mol. The number of fused-ring (bicyclic) bond motifs is 1. The molecule has 4 heteroatoms. The maximum atomic E-state index is 9.90. The molecule has 4 nitrogen and oxygen atoms in total. The number of hydrogen-bond acceptors (Lipinski definition) is 4. The molecule has 14 heavy (non-hydrogen) atoms. The molecule has 0 bridgehead atoms. The molecule has 0 saturated heterocycles. The lowest BCUT2D eigenvalue weighted by atomic mass is 9.96. The third kappa shape index (κ3) is 1.42. The number of benzene rings is 1. The van der Waals surface area contributed by atoms with Crippen molar-refractivity contribution in [2.45, 2.75) is 12.5 Å². The highest BCUT2D eigenvalue weighted by molar-refractivity contribution is 5.45. The number of rotatable bonds is 2. The Balaban J connectivity index is 2.38. The predicted molar refractivity (Wildman–Crippen MR) is 51.2 cm³/mol. The first kappa shape index (κ1) is 9.30. The molecule has 1 aromatic rings. The van der Waals surface area contributed by atoms with Gasteiger partial charge in [0.1, 0.15) is 0 Å². The average Bonchev–Trinajstić information content (AvgIpc) is 2.64. The van der Waals surface area contributed by atoms with Crippen LogP contribution in [0.5, 0.6) is 11.5 Å². The molecule has 0 spiro atoms. The van der Waals surface area contributed by atoms with Crippen molar-refractivity contribution in [2.75, 3.05) is 13.3 Å². The van der Waals surface area contributed by atoms with Crippen LogP contribution in [0.4, 0.5) is 0 Å². The minimum Gasteiger partial charge on any atom is -0.454 e. The standard InChI is InChI=1S/C10H13NO3/c1-10(12,5-11)7-2-3-8-9(4-7)14-6-13-8/h2-4,12H,5-6,11H2,1H3/t10-/m0/s1. The van der Waals surface area contributed by atoms with E-state index in [1.165, 1.54) is 0 Å². The van der Waals surface area contributed by atoms with E-state index in [0.717, 1.165) is 5.56 Å². The normalized spacial score (nSPS) is 17.9. The van der Waals surface area contributed by atoms with Gasteiger partial charge in [0.25, 0.3) is 0 Å². The van der Waals surface area contributed by atoms with E-state index in [-0.39, 0.29) is 13.3 Å². The molecule has 0 fully saturated rings. The molecule has 0 saturated carbocycles. The van der Waals surface area contributed by atoms with Gasteiger partial charge in [0.05, 0.1) is 5.60 Å². The van der Waals surface area contributed by atoms with Gasteiger partial charge in [0.2, 0.25) is 6.79 Å². The Labute approximate surface area is 82.2 Å². The second kappa shape index (κ2) is 3.15. The van der Waals surface area contributed by atoms with Crippen molar-refractivity contribution in [3.63, 3.8) is 0 Å². The van der Waals surface area contributed by atoms with Crippen molar-refractivity contribution in [1.82, 2.24) is 0 Å². The van der Waals surface area contributed by atoms with Crippen LogP contribution in [-0.4, -0.2) is 18.4 Å². The minimum absolute atomic E-state index is 0.173. The van der Waals surface area contributed by atoms with Gasteiger partial charge in [-0.1, -0.05) is 6.07 Å². The van der Waals surface area contributed by atoms with Crippen LogP contribution in [-0.2, 0) is 5.60 Å². The highest BCUT2D eigenvalue weighted by Crippen LogP contribution is 2.35. The van der Waals surface area contributed by atoms with Crippen LogP contribution in [0.3, 0.4) is 0 Å². The highest BCUT2D eigenvalue weighted by Gasteiger charge is 2.24. The molecule has 3 N–H and O–H groups in total. The van der Waals surface area contributed by atoms with Crippen LogP contribution in [0.15, 0.2) is 18.2 Å². The first-order valence-corrected chi connectivity index (χ1v) is 4.46. The fraction of sp³-hybridized carbons (Fsp3) is 0.400. The molecule has 0 unspecified atom stereocenters. The molecular weight excluding hydrogens is 182 g/mol. The van der Waals surface area contributed by atoms with Gasteiger partial charge in [-0.05, 0) is 24.6 Å². The van der Waals surface area contributed by atoms with E-state index in [1.807, 2.05) is 0 Å². The van der Waals surface area contributed by atoms with Crippen LogP contribution >= 0.6 is 0 Å². The largest absolute Gasteiger partial charge is 0.454 e. The Kier molecular flexibility index (Phi) is 2.09. The summed E-state index contributed by atoms with van der Waals surface area (Å²) in [6.45, 7) is 2.08. The van der Waals surface area contributed by atoms with Gasteiger partial charge < -0.3 is 20.3 Å². The number of ether oxygens (including phenoxy) is 2. The summed E-state index contributed by atoms with van der Waals surface area (Å²) >= 11 is 0. The summed E-state index contributed by atoms with van der Waals surface area (Å²) in [6, 6.07) is 5.33. The van der Waals surface area contributed by atoms with Crippen molar-refractivity contribution < 1.29 is 14.6 Å². The summed E-state index contributed by atoms with van der Waals surface area (Å²) < 4.78 is 10.4. The molecule has 0 amide bonds. The van der Waals surface area contributed by atoms with E-state index in [9.17, 15) is 5.11 Å². The van der Waals surface area contributed by atoms with Gasteiger partial charge >= 0.3 is 0 Å². The van der Waals surface area contributed by atoms with Crippen LogP contribution in [0.25, 0.3) is 0 Å². The van der Waals surface area contributed by atoms with Crippen LogP contribution in [0, 0.1) is 0 Å². The Morgan fingerprint density at radius 2 is 2.14 bits per heavy atom. The minimum atomic E-state index is -1.01. The molecule has 1 heterocycles. The fourth-order valence-corrected chi connectivity index (χ4v) is 1.35. The second-order valence-electron chi connectivity index (χ2n) is 3.55. The molecule has 0 aromatic heterocycles. The summed E-state index contributed by atoms with van der Waals surface area (Å²) in [6.07, 6.45) is 0. The Bertz CT molecular complexity index is 349. The molecule has 1 aliphatic heterocycles. The lowest BCUT2D eigenvalue weighted by Crippen LogP contribution is -2.31. The topological polar surface area (TPSA) is 64.7 Å². The van der Waals surface area contributed by atoms with Crippen LogP contribution in [0.1, 0.15) is 12.5 Å². The molecule has 76 valence electrons. The molecule has 1 aromatic carbocycles. The van der Waals surface area contributed by atoms with Gasteiger partial charge in [0.15, 0.2) is 11.5 Å². The van der Waals surface area contributed by atoms with E-state index in [0.29, 0.717) is 11.5 Å². The predicted octanol–water partition coefficient (Wildman–Crippen LogP) is 0.582. The zero-order valence-corrected chi connectivity index (χ0v) is 7.99. The molecule has 1 atom stereocenters. The van der Waals surface area contributed by atoms with Crippen molar-refractivity contribution in [1.29, 1.82) is 0 Å². The Morgan fingerprint density at radius 3 is 2.86 bits per heavy atom. The summed E-state index contributed by atoms with van der Waals surface area (Å²) in [5.74, 6) is 1.37. The first-order valence-electron chi connectivity index (χ1n) is 4.46. The number of nitrogens with two attached hydrogens (primary N) is 1. The fourth-order valence-electron chi connectivity index (χ4n) is 1.35. The van der Waals surface area contributed by atoms with Gasteiger partial charge in [-0.25, -0.2) is 0 Å². The second-order valence-corrected chi connectivity index (χ2v) is 3.55. The van der Waals surface area contributed by atoms with Gasteiger partial charge in [-0.2, -0.15) is 0 Å². The molecular formula is C10H13NO3. The SMILES string of the molecule is C[C@](O)(CN)c1ccc2c(c1)OCO2. The van der Waals surface area contributed by atoms with Gasteiger partial charge in [-0.3, -0.25) is 0 Å². The van der Waals surface area contributed by atoms with E-state index < -0.39 is 5.60 Å². The van der Waals surface area contributed by atoms with Crippen molar-refractivity contribution >= 4 is 0 Å². The summed E-state index contributed by atoms with van der Waals surface area (Å²) in [7, 11) is 0. The number of hydrogen-bond donors (Lipinski definition) is 2. The maximum absolute atomic E-state index is 9.90. The third-order valence-corrected chi connectivity index (χ3v) is 2.39. The van der Waals surface area contributed by atoms with Gasteiger partial charge in [0, 0.05) is 6.54 Å². The van der Waals surface area contributed by atoms with E-state index in [4.69, 9.17) is 15.2 Å². The molecule has 1 aliphatic rings. The summed E-state index contributed by atoms with van der Waals surface area (Å²) in [5, 5.41) is 9.90. The van der Waals surface area contributed by atoms with Crippen LogP contribution in [0.2, 0.25) is 0 Å².